The molecule has 0 saturated heterocycles. The minimum Gasteiger partial charge on any atom is -0.392 e. The van der Waals surface area contributed by atoms with Crippen LogP contribution in [0.3, 0.4) is 0 Å². The van der Waals surface area contributed by atoms with Gasteiger partial charge in [-0.15, -0.1) is 11.8 Å². The number of hydrogen-bond donors (Lipinski definition) is 1. The topological polar surface area (TPSA) is 20.2 Å². The summed E-state index contributed by atoms with van der Waals surface area (Å²) in [6.07, 6.45) is 1.81. The summed E-state index contributed by atoms with van der Waals surface area (Å²) in [5, 5.41) is 8.72. The van der Waals surface area contributed by atoms with Crippen molar-refractivity contribution in [2.24, 2.45) is 0 Å². The van der Waals surface area contributed by atoms with Crippen molar-refractivity contribution >= 4 is 11.8 Å². The SMILES string of the molecule is CSc1cc(CO)ccc1F. The summed E-state index contributed by atoms with van der Waals surface area (Å²) in [4.78, 5) is 0.580. The first-order chi connectivity index (χ1) is 5.27. The quantitative estimate of drug-likeness (QED) is 0.689. The maximum atomic E-state index is 12.8. The van der Waals surface area contributed by atoms with E-state index in [1.54, 1.807) is 18.4 Å². The third-order valence-corrected chi connectivity index (χ3v) is 2.15. The molecule has 0 heterocycles. The second kappa shape index (κ2) is 3.74. The van der Waals surface area contributed by atoms with E-state index >= 15 is 0 Å². The van der Waals surface area contributed by atoms with Gasteiger partial charge >= 0.3 is 0 Å². The lowest BCUT2D eigenvalue weighted by molar-refractivity contribution is 0.281. The Morgan fingerprint density at radius 2 is 2.27 bits per heavy atom. The first-order valence-corrected chi connectivity index (χ1v) is 4.43. The van der Waals surface area contributed by atoms with E-state index in [1.807, 2.05) is 0 Å². The molecule has 0 aliphatic carbocycles. The van der Waals surface area contributed by atoms with Crippen molar-refractivity contribution in [2.45, 2.75) is 11.5 Å². The maximum absolute atomic E-state index is 12.8. The van der Waals surface area contributed by atoms with Crippen LogP contribution in [0.5, 0.6) is 0 Å². The van der Waals surface area contributed by atoms with Crippen LogP contribution in [-0.4, -0.2) is 11.4 Å². The average Bonchev–Trinajstić information content (AvgIpc) is 2.05. The smallest absolute Gasteiger partial charge is 0.136 e. The lowest BCUT2D eigenvalue weighted by Crippen LogP contribution is -1.86. The predicted molar refractivity (Wildman–Crippen MR) is 44.1 cm³/mol. The molecule has 3 heteroatoms. The van der Waals surface area contributed by atoms with Gasteiger partial charge in [-0.25, -0.2) is 4.39 Å². The van der Waals surface area contributed by atoms with Crippen molar-refractivity contribution in [3.63, 3.8) is 0 Å². The van der Waals surface area contributed by atoms with E-state index in [2.05, 4.69) is 0 Å². The standard InChI is InChI=1S/C8H9FOS/c1-11-8-4-6(5-10)2-3-7(8)9/h2-4,10H,5H2,1H3. The molecule has 1 rings (SSSR count). The summed E-state index contributed by atoms with van der Waals surface area (Å²) in [6, 6.07) is 4.60. The molecule has 1 nitrogen and oxygen atoms in total. The highest BCUT2D eigenvalue weighted by Crippen LogP contribution is 2.20. The molecular weight excluding hydrogens is 163 g/mol. The Balaban J connectivity index is 3.02. The summed E-state index contributed by atoms with van der Waals surface area (Å²) in [7, 11) is 0. The van der Waals surface area contributed by atoms with Gasteiger partial charge < -0.3 is 5.11 Å². The molecule has 0 unspecified atom stereocenters. The Labute approximate surface area is 69.2 Å². The van der Waals surface area contributed by atoms with Crippen LogP contribution in [0.2, 0.25) is 0 Å². The Kier molecular flexibility index (Phi) is 2.91. The number of rotatable bonds is 2. The van der Waals surface area contributed by atoms with Gasteiger partial charge in [-0.05, 0) is 24.0 Å². The van der Waals surface area contributed by atoms with Crippen molar-refractivity contribution in [3.05, 3.63) is 29.6 Å². The van der Waals surface area contributed by atoms with Crippen LogP contribution >= 0.6 is 11.8 Å². The molecule has 0 aliphatic rings. The molecule has 0 atom stereocenters. The fraction of sp³-hybridized carbons (Fsp3) is 0.250. The van der Waals surface area contributed by atoms with Crippen molar-refractivity contribution in [2.75, 3.05) is 6.26 Å². The number of thioether (sulfide) groups is 1. The van der Waals surface area contributed by atoms with Crippen molar-refractivity contribution in [3.8, 4) is 0 Å². The van der Waals surface area contributed by atoms with Gasteiger partial charge in [-0.3, -0.25) is 0 Å². The van der Waals surface area contributed by atoms with E-state index in [0.29, 0.717) is 4.90 Å². The van der Waals surface area contributed by atoms with Crippen LogP contribution in [0.1, 0.15) is 5.56 Å². The zero-order chi connectivity index (χ0) is 8.27. The molecule has 60 valence electrons. The average molecular weight is 172 g/mol. The van der Waals surface area contributed by atoms with Crippen LogP contribution < -0.4 is 0 Å². The summed E-state index contributed by atoms with van der Waals surface area (Å²) in [5.74, 6) is -0.227. The van der Waals surface area contributed by atoms with Crippen molar-refractivity contribution < 1.29 is 9.50 Å². The number of halogens is 1. The predicted octanol–water partition coefficient (Wildman–Crippen LogP) is 2.04. The van der Waals surface area contributed by atoms with Gasteiger partial charge in [-0.2, -0.15) is 0 Å². The summed E-state index contributed by atoms with van der Waals surface area (Å²) in [6.45, 7) is -0.0339. The van der Waals surface area contributed by atoms with E-state index in [1.165, 1.54) is 17.8 Å². The normalized spacial score (nSPS) is 10.1. The van der Waals surface area contributed by atoms with Gasteiger partial charge in [0.15, 0.2) is 0 Å². The van der Waals surface area contributed by atoms with Gasteiger partial charge in [0.1, 0.15) is 5.82 Å². The van der Waals surface area contributed by atoms with Crippen molar-refractivity contribution in [1.29, 1.82) is 0 Å². The molecule has 0 fully saturated rings. The van der Waals surface area contributed by atoms with E-state index < -0.39 is 0 Å². The minimum absolute atomic E-state index is 0.0339. The van der Waals surface area contributed by atoms with E-state index in [0.717, 1.165) is 5.56 Å². The van der Waals surface area contributed by atoms with Crippen LogP contribution in [-0.2, 0) is 6.61 Å². The Morgan fingerprint density at radius 1 is 1.55 bits per heavy atom. The van der Waals surface area contributed by atoms with Crippen LogP contribution in [0.4, 0.5) is 4.39 Å². The zero-order valence-electron chi connectivity index (χ0n) is 6.17. The molecule has 0 bridgehead atoms. The Bertz CT molecular complexity index is 250. The van der Waals surface area contributed by atoms with Gasteiger partial charge in [-0.1, -0.05) is 6.07 Å². The molecule has 0 aromatic heterocycles. The maximum Gasteiger partial charge on any atom is 0.136 e. The van der Waals surface area contributed by atoms with E-state index in [4.69, 9.17) is 5.11 Å². The van der Waals surface area contributed by atoms with Crippen LogP contribution in [0, 0.1) is 5.82 Å². The summed E-state index contributed by atoms with van der Waals surface area (Å²) >= 11 is 1.34. The molecule has 1 N–H and O–H groups in total. The molecule has 0 saturated carbocycles. The number of benzene rings is 1. The third-order valence-electron chi connectivity index (χ3n) is 1.40. The molecule has 1 aromatic carbocycles. The Hall–Kier alpha value is -0.540. The second-order valence-electron chi connectivity index (χ2n) is 2.13. The fourth-order valence-corrected chi connectivity index (χ4v) is 1.33. The lowest BCUT2D eigenvalue weighted by Gasteiger charge is -2.00. The first-order valence-electron chi connectivity index (χ1n) is 3.21. The monoisotopic (exact) mass is 172 g/mol. The second-order valence-corrected chi connectivity index (χ2v) is 2.98. The highest BCUT2D eigenvalue weighted by Gasteiger charge is 2.00. The summed E-state index contributed by atoms with van der Waals surface area (Å²) in [5.41, 5.74) is 0.746. The number of aliphatic hydroxyl groups excluding tert-OH is 1. The largest absolute Gasteiger partial charge is 0.392 e. The third kappa shape index (κ3) is 1.94. The highest BCUT2D eigenvalue weighted by atomic mass is 32.2. The van der Waals surface area contributed by atoms with E-state index in [9.17, 15) is 4.39 Å². The Morgan fingerprint density at radius 3 is 2.82 bits per heavy atom. The van der Waals surface area contributed by atoms with Crippen LogP contribution in [0.25, 0.3) is 0 Å². The molecular formula is C8H9FOS. The highest BCUT2D eigenvalue weighted by molar-refractivity contribution is 7.98. The van der Waals surface area contributed by atoms with Gasteiger partial charge in [0, 0.05) is 4.90 Å². The fourth-order valence-electron chi connectivity index (χ4n) is 0.803. The van der Waals surface area contributed by atoms with Gasteiger partial charge in [0.05, 0.1) is 6.61 Å². The number of aliphatic hydroxyl groups is 1. The van der Waals surface area contributed by atoms with Gasteiger partial charge in [0.2, 0.25) is 0 Å². The van der Waals surface area contributed by atoms with Gasteiger partial charge in [0.25, 0.3) is 0 Å². The molecule has 0 aliphatic heterocycles. The minimum atomic E-state index is -0.227. The molecule has 1 aromatic rings. The lowest BCUT2D eigenvalue weighted by atomic mass is 10.2. The first kappa shape index (κ1) is 8.56. The molecule has 11 heavy (non-hydrogen) atoms. The molecule has 0 radical (unpaired) electrons. The molecule has 0 spiro atoms. The van der Waals surface area contributed by atoms with Crippen LogP contribution in [0.15, 0.2) is 23.1 Å². The molecule has 0 amide bonds. The zero-order valence-corrected chi connectivity index (χ0v) is 6.99. The summed E-state index contributed by atoms with van der Waals surface area (Å²) < 4.78 is 12.8. The number of hydrogen-bond acceptors (Lipinski definition) is 2. The van der Waals surface area contributed by atoms with Crippen molar-refractivity contribution in [1.82, 2.24) is 0 Å². The van der Waals surface area contributed by atoms with E-state index in [-0.39, 0.29) is 12.4 Å².